The molecule has 0 saturated carbocycles. The quantitative estimate of drug-likeness (QED) is 0.580. The number of nitrogens with one attached hydrogen (secondary N) is 1. The number of anilines is 1. The molecule has 140 valence electrons. The van der Waals surface area contributed by atoms with Gasteiger partial charge in [0.1, 0.15) is 11.6 Å². The van der Waals surface area contributed by atoms with Crippen molar-refractivity contribution in [2.45, 2.75) is 13.1 Å². The van der Waals surface area contributed by atoms with E-state index in [0.29, 0.717) is 21.9 Å². The summed E-state index contributed by atoms with van der Waals surface area (Å²) in [7, 11) is 0. The number of carbonyl (C=O) groups is 1. The standard InChI is InChI=1S/C18H12F4N2O2S/c1-10-16(24-17(27-10)18(20,21)22)26-12-8-6-11(7-9-12)23-15(25)13-4-2-3-5-14(13)19/h2-9H,1H3,(H,23,25). The molecule has 0 atom stereocenters. The summed E-state index contributed by atoms with van der Waals surface area (Å²) in [6, 6.07) is 11.4. The van der Waals surface area contributed by atoms with Crippen LogP contribution in [0.3, 0.4) is 0 Å². The topological polar surface area (TPSA) is 51.2 Å². The Bertz CT molecular complexity index is 968. The predicted octanol–water partition coefficient (Wildman–Crippen LogP) is 5.65. The van der Waals surface area contributed by atoms with Gasteiger partial charge in [0.15, 0.2) is 0 Å². The van der Waals surface area contributed by atoms with Gasteiger partial charge in [0.25, 0.3) is 5.91 Å². The zero-order chi connectivity index (χ0) is 19.6. The summed E-state index contributed by atoms with van der Waals surface area (Å²) < 4.78 is 57.0. The highest BCUT2D eigenvalue weighted by molar-refractivity contribution is 7.11. The van der Waals surface area contributed by atoms with E-state index in [9.17, 15) is 22.4 Å². The second-order valence-corrected chi connectivity index (χ2v) is 6.64. The van der Waals surface area contributed by atoms with E-state index in [4.69, 9.17) is 4.74 Å². The zero-order valence-corrected chi connectivity index (χ0v) is 14.6. The van der Waals surface area contributed by atoms with Crippen molar-refractivity contribution in [1.82, 2.24) is 4.98 Å². The maximum Gasteiger partial charge on any atom is 0.443 e. The molecular weight excluding hydrogens is 384 g/mol. The molecule has 27 heavy (non-hydrogen) atoms. The van der Waals surface area contributed by atoms with Gasteiger partial charge in [-0.1, -0.05) is 12.1 Å². The molecule has 0 fully saturated rings. The molecule has 4 nitrogen and oxygen atoms in total. The maximum absolute atomic E-state index is 13.6. The number of carbonyl (C=O) groups excluding carboxylic acids is 1. The largest absolute Gasteiger partial charge is 0.443 e. The third-order valence-electron chi connectivity index (χ3n) is 3.44. The van der Waals surface area contributed by atoms with E-state index in [1.165, 1.54) is 49.4 Å². The lowest BCUT2D eigenvalue weighted by Crippen LogP contribution is -2.13. The fourth-order valence-corrected chi connectivity index (χ4v) is 2.87. The Kier molecular flexibility index (Phi) is 5.13. The Morgan fingerprint density at radius 2 is 1.78 bits per heavy atom. The van der Waals surface area contributed by atoms with Crippen LogP contribution < -0.4 is 10.1 Å². The Labute approximate surface area is 155 Å². The van der Waals surface area contributed by atoms with Crippen molar-refractivity contribution in [1.29, 1.82) is 0 Å². The fraction of sp³-hybridized carbons (Fsp3) is 0.111. The Balaban J connectivity index is 1.70. The monoisotopic (exact) mass is 396 g/mol. The Morgan fingerprint density at radius 1 is 1.11 bits per heavy atom. The van der Waals surface area contributed by atoms with Crippen LogP contribution in [0.5, 0.6) is 11.6 Å². The molecule has 0 spiro atoms. The van der Waals surface area contributed by atoms with Crippen molar-refractivity contribution in [3.05, 3.63) is 69.8 Å². The molecule has 1 amide bonds. The minimum absolute atomic E-state index is 0.101. The van der Waals surface area contributed by atoms with Crippen molar-refractivity contribution in [3.63, 3.8) is 0 Å². The molecule has 0 aliphatic rings. The van der Waals surface area contributed by atoms with Gasteiger partial charge in [0.2, 0.25) is 10.9 Å². The molecule has 1 N–H and O–H groups in total. The third-order valence-corrected chi connectivity index (χ3v) is 4.44. The summed E-state index contributed by atoms with van der Waals surface area (Å²) in [6.45, 7) is 1.48. The van der Waals surface area contributed by atoms with Crippen LogP contribution in [0.15, 0.2) is 48.5 Å². The number of ether oxygens (including phenoxy) is 1. The van der Waals surface area contributed by atoms with E-state index in [1.54, 1.807) is 6.07 Å². The average molecular weight is 396 g/mol. The number of aryl methyl sites for hydroxylation is 1. The van der Waals surface area contributed by atoms with Gasteiger partial charge < -0.3 is 10.1 Å². The summed E-state index contributed by atoms with van der Waals surface area (Å²) in [6.07, 6.45) is -4.53. The molecule has 0 radical (unpaired) electrons. The van der Waals surface area contributed by atoms with Crippen LogP contribution in [0.25, 0.3) is 0 Å². The van der Waals surface area contributed by atoms with Crippen molar-refractivity contribution < 1.29 is 27.1 Å². The van der Waals surface area contributed by atoms with Gasteiger partial charge in [-0.2, -0.15) is 18.2 Å². The van der Waals surface area contributed by atoms with Crippen molar-refractivity contribution in [2.75, 3.05) is 5.32 Å². The van der Waals surface area contributed by atoms with Crippen LogP contribution in [0.2, 0.25) is 0 Å². The summed E-state index contributed by atoms with van der Waals surface area (Å²) in [5.74, 6) is -1.14. The molecule has 9 heteroatoms. The van der Waals surface area contributed by atoms with Gasteiger partial charge in [-0.25, -0.2) is 4.39 Å². The lowest BCUT2D eigenvalue weighted by molar-refractivity contribution is -0.137. The van der Waals surface area contributed by atoms with E-state index >= 15 is 0 Å². The molecule has 3 aromatic rings. The normalized spacial score (nSPS) is 11.3. The van der Waals surface area contributed by atoms with Crippen LogP contribution >= 0.6 is 11.3 Å². The molecule has 2 aromatic carbocycles. The van der Waals surface area contributed by atoms with Crippen molar-refractivity contribution in [3.8, 4) is 11.6 Å². The highest BCUT2D eigenvalue weighted by Crippen LogP contribution is 2.38. The molecule has 0 unspecified atom stereocenters. The first-order valence-electron chi connectivity index (χ1n) is 7.62. The zero-order valence-electron chi connectivity index (χ0n) is 13.8. The minimum atomic E-state index is -4.53. The second kappa shape index (κ2) is 7.36. The van der Waals surface area contributed by atoms with Gasteiger partial charge in [-0.3, -0.25) is 4.79 Å². The molecular formula is C18H12F4N2O2S. The lowest BCUT2D eigenvalue weighted by atomic mass is 10.2. The fourth-order valence-electron chi connectivity index (χ4n) is 2.16. The van der Waals surface area contributed by atoms with Crippen LogP contribution in [-0.2, 0) is 6.18 Å². The molecule has 1 aromatic heterocycles. The summed E-state index contributed by atoms with van der Waals surface area (Å²) in [5, 5.41) is 1.55. The third kappa shape index (κ3) is 4.43. The molecule has 0 bridgehead atoms. The van der Waals surface area contributed by atoms with E-state index < -0.39 is 22.9 Å². The number of benzene rings is 2. The van der Waals surface area contributed by atoms with Gasteiger partial charge in [-0.15, -0.1) is 11.3 Å². The maximum atomic E-state index is 13.6. The number of halogens is 4. The summed E-state index contributed by atoms with van der Waals surface area (Å²) >= 11 is 0.497. The highest BCUT2D eigenvalue weighted by atomic mass is 32.1. The second-order valence-electron chi connectivity index (χ2n) is 5.44. The number of nitrogens with zero attached hydrogens (tertiary/aromatic N) is 1. The van der Waals surface area contributed by atoms with E-state index in [1.807, 2.05) is 0 Å². The average Bonchev–Trinajstić information content (AvgIpc) is 2.98. The number of hydrogen-bond donors (Lipinski definition) is 1. The number of alkyl halides is 3. The molecule has 3 rings (SSSR count). The number of aromatic nitrogens is 1. The number of thiazole rings is 1. The van der Waals surface area contributed by atoms with Gasteiger partial charge >= 0.3 is 6.18 Å². The predicted molar refractivity (Wildman–Crippen MR) is 92.7 cm³/mol. The van der Waals surface area contributed by atoms with Crippen LogP contribution in [-0.4, -0.2) is 10.9 Å². The Hall–Kier alpha value is -2.94. The van der Waals surface area contributed by atoms with Crippen molar-refractivity contribution in [2.24, 2.45) is 0 Å². The number of rotatable bonds is 4. The number of amides is 1. The van der Waals surface area contributed by atoms with E-state index in [2.05, 4.69) is 10.3 Å². The van der Waals surface area contributed by atoms with E-state index in [-0.39, 0.29) is 17.2 Å². The van der Waals surface area contributed by atoms with E-state index in [0.717, 1.165) is 0 Å². The molecule has 0 aliphatic carbocycles. The summed E-state index contributed by atoms with van der Waals surface area (Å²) in [4.78, 5) is 15.8. The molecule has 0 aliphatic heterocycles. The smallest absolute Gasteiger partial charge is 0.438 e. The first-order chi connectivity index (χ1) is 12.7. The summed E-state index contributed by atoms with van der Waals surface area (Å²) in [5.41, 5.74) is 0.275. The first-order valence-corrected chi connectivity index (χ1v) is 8.44. The van der Waals surface area contributed by atoms with Gasteiger partial charge in [-0.05, 0) is 43.3 Å². The SMILES string of the molecule is Cc1sc(C(F)(F)F)nc1Oc1ccc(NC(=O)c2ccccc2F)cc1. The van der Waals surface area contributed by atoms with Gasteiger partial charge in [0, 0.05) is 5.69 Å². The molecule has 0 saturated heterocycles. The molecule has 1 heterocycles. The Morgan fingerprint density at radius 3 is 2.37 bits per heavy atom. The minimum Gasteiger partial charge on any atom is -0.438 e. The highest BCUT2D eigenvalue weighted by Gasteiger charge is 2.36. The van der Waals surface area contributed by atoms with Crippen molar-refractivity contribution >= 4 is 22.9 Å². The van der Waals surface area contributed by atoms with Crippen LogP contribution in [0, 0.1) is 12.7 Å². The number of hydrogen-bond acceptors (Lipinski definition) is 4. The first kappa shape index (κ1) is 18.8. The van der Waals surface area contributed by atoms with Crippen LogP contribution in [0.4, 0.5) is 23.2 Å². The lowest BCUT2D eigenvalue weighted by Gasteiger charge is -2.08. The van der Waals surface area contributed by atoms with Crippen LogP contribution in [0.1, 0.15) is 20.2 Å². The van der Waals surface area contributed by atoms with Gasteiger partial charge in [0.05, 0.1) is 10.4 Å².